The molecular weight excluding hydrogens is 303 g/mol. The number of carbonyl (C=O) groups is 1. The fourth-order valence-corrected chi connectivity index (χ4v) is 1.49. The highest BCUT2D eigenvalue weighted by molar-refractivity contribution is 9.10. The fourth-order valence-electron chi connectivity index (χ4n) is 1.08. The summed E-state index contributed by atoms with van der Waals surface area (Å²) in [6.45, 7) is -1.36. The van der Waals surface area contributed by atoms with Crippen molar-refractivity contribution >= 4 is 21.8 Å². The maximum Gasteiger partial charge on any atom is 0.405 e. The van der Waals surface area contributed by atoms with Gasteiger partial charge in [-0.2, -0.15) is 13.2 Å². The van der Waals surface area contributed by atoms with E-state index in [0.29, 0.717) is 10.2 Å². The van der Waals surface area contributed by atoms with E-state index in [1.54, 1.807) is 5.32 Å². The monoisotopic (exact) mass is 311 g/mol. The third-order valence-electron chi connectivity index (χ3n) is 1.86. The minimum Gasteiger partial charge on any atom is -0.496 e. The Morgan fingerprint density at radius 2 is 2.12 bits per heavy atom. The Kier molecular flexibility index (Phi) is 4.39. The second-order valence-electron chi connectivity index (χ2n) is 3.15. The molecule has 0 aromatic heterocycles. The lowest BCUT2D eigenvalue weighted by molar-refractivity contribution is -0.123. The zero-order valence-corrected chi connectivity index (χ0v) is 10.4. The first kappa shape index (κ1) is 13.8. The first-order valence-electron chi connectivity index (χ1n) is 4.52. The first-order chi connectivity index (χ1) is 7.83. The molecule has 0 bridgehead atoms. The van der Waals surface area contributed by atoms with Crippen LogP contribution in [0.5, 0.6) is 5.75 Å². The van der Waals surface area contributed by atoms with E-state index >= 15 is 0 Å². The first-order valence-corrected chi connectivity index (χ1v) is 5.31. The lowest BCUT2D eigenvalue weighted by Crippen LogP contribution is -2.33. The third kappa shape index (κ3) is 4.26. The zero-order valence-electron chi connectivity index (χ0n) is 8.77. The summed E-state index contributed by atoms with van der Waals surface area (Å²) in [7, 11) is 1.40. The number of alkyl halides is 3. The predicted octanol–water partition coefficient (Wildman–Crippen LogP) is 2.75. The van der Waals surface area contributed by atoms with E-state index in [2.05, 4.69) is 15.9 Å². The van der Waals surface area contributed by atoms with Gasteiger partial charge in [0.05, 0.1) is 11.6 Å². The molecule has 0 aliphatic rings. The summed E-state index contributed by atoms with van der Waals surface area (Å²) in [5.41, 5.74) is 0.106. The average molecular weight is 312 g/mol. The van der Waals surface area contributed by atoms with Gasteiger partial charge in [0.1, 0.15) is 12.3 Å². The van der Waals surface area contributed by atoms with E-state index in [1.807, 2.05) is 0 Å². The minimum absolute atomic E-state index is 0.106. The molecule has 0 saturated carbocycles. The number of carbonyl (C=O) groups excluding carboxylic acids is 1. The van der Waals surface area contributed by atoms with Gasteiger partial charge in [-0.3, -0.25) is 4.79 Å². The molecular formula is C10H9BrF3NO2. The highest BCUT2D eigenvalue weighted by Crippen LogP contribution is 2.25. The molecule has 3 nitrogen and oxygen atoms in total. The molecule has 0 saturated heterocycles. The molecule has 7 heteroatoms. The number of hydrogen-bond acceptors (Lipinski definition) is 2. The minimum atomic E-state index is -4.42. The van der Waals surface area contributed by atoms with E-state index in [0.717, 1.165) is 0 Å². The average Bonchev–Trinajstić information content (AvgIpc) is 2.25. The van der Waals surface area contributed by atoms with Crippen molar-refractivity contribution in [1.82, 2.24) is 5.32 Å². The van der Waals surface area contributed by atoms with Crippen molar-refractivity contribution in [3.05, 3.63) is 28.2 Å². The molecule has 1 rings (SSSR count). The Balaban J connectivity index is 2.76. The van der Waals surface area contributed by atoms with Crippen LogP contribution in [0.1, 0.15) is 10.4 Å². The van der Waals surface area contributed by atoms with Crippen LogP contribution in [0.4, 0.5) is 13.2 Å². The van der Waals surface area contributed by atoms with Gasteiger partial charge >= 0.3 is 6.18 Å². The van der Waals surface area contributed by atoms with Gasteiger partial charge in [0, 0.05) is 5.56 Å². The molecule has 0 heterocycles. The topological polar surface area (TPSA) is 38.3 Å². The van der Waals surface area contributed by atoms with E-state index < -0.39 is 18.6 Å². The van der Waals surface area contributed by atoms with Crippen LogP contribution in [0.3, 0.4) is 0 Å². The van der Waals surface area contributed by atoms with Crippen LogP contribution < -0.4 is 10.1 Å². The summed E-state index contributed by atoms with van der Waals surface area (Å²) in [5.74, 6) is -0.419. The van der Waals surface area contributed by atoms with Crippen LogP contribution in [0, 0.1) is 0 Å². The van der Waals surface area contributed by atoms with Crippen molar-refractivity contribution < 1.29 is 22.7 Å². The number of amides is 1. The molecule has 0 aliphatic carbocycles. The van der Waals surface area contributed by atoms with E-state index in [-0.39, 0.29) is 5.56 Å². The molecule has 17 heavy (non-hydrogen) atoms. The summed E-state index contributed by atoms with van der Waals surface area (Å²) in [4.78, 5) is 11.4. The lowest BCUT2D eigenvalue weighted by Gasteiger charge is -2.09. The number of hydrogen-bond donors (Lipinski definition) is 1. The molecule has 0 fully saturated rings. The van der Waals surface area contributed by atoms with Gasteiger partial charge in [0.2, 0.25) is 0 Å². The van der Waals surface area contributed by atoms with Crippen LogP contribution in [0.25, 0.3) is 0 Å². The second kappa shape index (κ2) is 5.39. The molecule has 1 N–H and O–H groups in total. The molecule has 94 valence electrons. The van der Waals surface area contributed by atoms with Gasteiger partial charge < -0.3 is 10.1 Å². The normalized spacial score (nSPS) is 11.1. The molecule has 0 aliphatic heterocycles. The molecule has 0 radical (unpaired) electrons. The lowest BCUT2D eigenvalue weighted by atomic mass is 10.2. The Bertz CT molecular complexity index is 421. The summed E-state index contributed by atoms with van der Waals surface area (Å²) < 4.78 is 41.2. The van der Waals surface area contributed by atoms with Crippen LogP contribution in [-0.4, -0.2) is 25.7 Å². The number of methoxy groups -OCH3 is 1. The Morgan fingerprint density at radius 3 is 2.65 bits per heavy atom. The van der Waals surface area contributed by atoms with Gasteiger partial charge in [0.15, 0.2) is 0 Å². The van der Waals surface area contributed by atoms with Crippen molar-refractivity contribution in [1.29, 1.82) is 0 Å². The van der Waals surface area contributed by atoms with E-state index in [4.69, 9.17) is 4.74 Å². The van der Waals surface area contributed by atoms with Gasteiger partial charge in [-0.05, 0) is 34.1 Å². The highest BCUT2D eigenvalue weighted by atomic mass is 79.9. The quantitative estimate of drug-likeness (QED) is 0.932. The van der Waals surface area contributed by atoms with E-state index in [9.17, 15) is 18.0 Å². The highest BCUT2D eigenvalue weighted by Gasteiger charge is 2.27. The predicted molar refractivity (Wildman–Crippen MR) is 59.1 cm³/mol. The number of benzene rings is 1. The molecule has 1 aromatic rings. The van der Waals surface area contributed by atoms with Crippen molar-refractivity contribution in [3.8, 4) is 5.75 Å². The zero-order chi connectivity index (χ0) is 13.1. The second-order valence-corrected chi connectivity index (χ2v) is 4.00. The molecule has 1 aromatic carbocycles. The number of rotatable bonds is 3. The number of nitrogens with one attached hydrogen (secondary N) is 1. The van der Waals surface area contributed by atoms with Crippen LogP contribution in [-0.2, 0) is 0 Å². The Labute approximate surface area is 104 Å². The molecule has 0 unspecified atom stereocenters. The van der Waals surface area contributed by atoms with Crippen molar-refractivity contribution in [2.45, 2.75) is 6.18 Å². The number of ether oxygens (including phenoxy) is 1. The van der Waals surface area contributed by atoms with Crippen LogP contribution in [0.15, 0.2) is 22.7 Å². The maximum absolute atomic E-state index is 11.9. The molecule has 1 amide bonds. The van der Waals surface area contributed by atoms with Crippen LogP contribution >= 0.6 is 15.9 Å². The summed E-state index contributed by atoms with van der Waals surface area (Å²) in [6, 6.07) is 4.29. The summed E-state index contributed by atoms with van der Waals surface area (Å²) in [6.07, 6.45) is -4.42. The smallest absolute Gasteiger partial charge is 0.405 e. The Morgan fingerprint density at radius 1 is 1.47 bits per heavy atom. The SMILES string of the molecule is COc1cc(C(=O)NCC(F)(F)F)ccc1Br. The standard InChI is InChI=1S/C10H9BrF3NO2/c1-17-8-4-6(2-3-7(8)11)9(16)15-5-10(12,13)14/h2-4H,5H2,1H3,(H,15,16). The van der Waals surface area contributed by atoms with Crippen molar-refractivity contribution in [2.24, 2.45) is 0 Å². The van der Waals surface area contributed by atoms with Gasteiger partial charge in [-0.25, -0.2) is 0 Å². The van der Waals surface area contributed by atoms with Crippen LogP contribution in [0.2, 0.25) is 0 Å². The van der Waals surface area contributed by atoms with Gasteiger partial charge in [0.25, 0.3) is 5.91 Å². The van der Waals surface area contributed by atoms with Gasteiger partial charge in [-0.1, -0.05) is 0 Å². The Hall–Kier alpha value is -1.24. The van der Waals surface area contributed by atoms with Crippen molar-refractivity contribution in [2.75, 3.05) is 13.7 Å². The fraction of sp³-hybridized carbons (Fsp3) is 0.300. The third-order valence-corrected chi connectivity index (χ3v) is 2.52. The van der Waals surface area contributed by atoms with Gasteiger partial charge in [-0.15, -0.1) is 0 Å². The molecule has 0 spiro atoms. The van der Waals surface area contributed by atoms with E-state index in [1.165, 1.54) is 25.3 Å². The summed E-state index contributed by atoms with van der Waals surface area (Å²) >= 11 is 3.17. The molecule has 0 atom stereocenters. The maximum atomic E-state index is 11.9. The summed E-state index contributed by atoms with van der Waals surface area (Å²) in [5, 5.41) is 1.77. The largest absolute Gasteiger partial charge is 0.496 e. The number of halogens is 4. The van der Waals surface area contributed by atoms with Crippen molar-refractivity contribution in [3.63, 3.8) is 0 Å².